The highest BCUT2D eigenvalue weighted by atomic mass is 16.3. The summed E-state index contributed by atoms with van der Waals surface area (Å²) in [5.41, 5.74) is 1.04. The van der Waals surface area contributed by atoms with Crippen LogP contribution in [-0.4, -0.2) is 21.2 Å². The molecule has 0 saturated carbocycles. The third kappa shape index (κ3) is 1.81. The lowest BCUT2D eigenvalue weighted by Gasteiger charge is -2.14. The highest BCUT2D eigenvalue weighted by molar-refractivity contribution is 5.93. The summed E-state index contributed by atoms with van der Waals surface area (Å²) in [6, 6.07) is 0. The molecule has 0 aliphatic rings. The number of hydrogen-bond acceptors (Lipinski definition) is 4. The van der Waals surface area contributed by atoms with Gasteiger partial charge in [0.15, 0.2) is 11.5 Å². The molecule has 5 heteroatoms. The Balaban J connectivity index is 3.45. The molecule has 0 saturated heterocycles. The summed E-state index contributed by atoms with van der Waals surface area (Å²) in [6.07, 6.45) is 0. The maximum Gasteiger partial charge on any atom is 0.221 e. The van der Waals surface area contributed by atoms with Crippen molar-refractivity contribution in [2.45, 2.75) is 20.8 Å². The van der Waals surface area contributed by atoms with Gasteiger partial charge in [0.05, 0.1) is 5.69 Å². The van der Waals surface area contributed by atoms with Gasteiger partial charge >= 0.3 is 0 Å². The minimum absolute atomic E-state index is 0.121. The van der Waals surface area contributed by atoms with E-state index in [1.54, 1.807) is 13.8 Å². The van der Waals surface area contributed by atoms with Gasteiger partial charge in [-0.15, -0.1) is 0 Å². The van der Waals surface area contributed by atoms with Crippen molar-refractivity contribution in [1.29, 1.82) is 0 Å². The lowest BCUT2D eigenvalue weighted by atomic mass is 10.0. The molecule has 1 aromatic rings. The third-order valence-electron chi connectivity index (χ3n) is 2.28. The maximum absolute atomic E-state index is 10.9. The fraction of sp³-hybridized carbons (Fsp3) is 0.300. The van der Waals surface area contributed by atoms with Crippen LogP contribution in [0.1, 0.15) is 18.1 Å². The van der Waals surface area contributed by atoms with Crippen molar-refractivity contribution >= 4 is 11.6 Å². The highest BCUT2D eigenvalue weighted by Gasteiger charge is 2.18. The van der Waals surface area contributed by atoms with Crippen LogP contribution in [0.2, 0.25) is 0 Å². The number of phenolic OH excluding ortho intramolecular Hbond substituents is 3. The van der Waals surface area contributed by atoms with Crippen LogP contribution in [0.25, 0.3) is 0 Å². The number of rotatable bonds is 1. The number of amides is 1. The molecule has 0 radical (unpaired) electrons. The van der Waals surface area contributed by atoms with Crippen LogP contribution < -0.4 is 5.32 Å². The molecule has 0 heterocycles. The smallest absolute Gasteiger partial charge is 0.221 e. The first-order valence-electron chi connectivity index (χ1n) is 4.37. The van der Waals surface area contributed by atoms with Crippen molar-refractivity contribution in [2.24, 2.45) is 0 Å². The fourth-order valence-corrected chi connectivity index (χ4v) is 1.28. The zero-order chi connectivity index (χ0) is 11.7. The zero-order valence-corrected chi connectivity index (χ0v) is 8.75. The van der Waals surface area contributed by atoms with Gasteiger partial charge in [-0.1, -0.05) is 0 Å². The van der Waals surface area contributed by atoms with Crippen LogP contribution in [0.3, 0.4) is 0 Å². The van der Waals surface area contributed by atoms with E-state index in [0.717, 1.165) is 0 Å². The number of anilines is 1. The van der Waals surface area contributed by atoms with E-state index in [1.807, 2.05) is 0 Å². The molecular weight excluding hydrogens is 198 g/mol. The third-order valence-corrected chi connectivity index (χ3v) is 2.28. The van der Waals surface area contributed by atoms with Gasteiger partial charge in [0.25, 0.3) is 0 Å². The van der Waals surface area contributed by atoms with Crippen molar-refractivity contribution in [3.05, 3.63) is 11.1 Å². The molecule has 82 valence electrons. The molecule has 1 aromatic carbocycles. The average molecular weight is 211 g/mol. The van der Waals surface area contributed by atoms with E-state index in [0.29, 0.717) is 11.1 Å². The van der Waals surface area contributed by atoms with Crippen molar-refractivity contribution in [1.82, 2.24) is 0 Å². The normalized spacial score (nSPS) is 10.1. The molecule has 0 unspecified atom stereocenters. The summed E-state index contributed by atoms with van der Waals surface area (Å²) in [4.78, 5) is 10.9. The van der Waals surface area contributed by atoms with Gasteiger partial charge in [0.1, 0.15) is 0 Å². The van der Waals surface area contributed by atoms with E-state index in [9.17, 15) is 20.1 Å². The van der Waals surface area contributed by atoms with Crippen LogP contribution in [0.4, 0.5) is 5.69 Å². The molecule has 4 N–H and O–H groups in total. The van der Waals surface area contributed by atoms with Gasteiger partial charge in [-0.05, 0) is 25.0 Å². The Morgan fingerprint density at radius 2 is 1.53 bits per heavy atom. The highest BCUT2D eigenvalue weighted by Crippen LogP contribution is 2.45. The topological polar surface area (TPSA) is 89.8 Å². The van der Waals surface area contributed by atoms with Crippen molar-refractivity contribution in [3.8, 4) is 17.2 Å². The Bertz CT molecular complexity index is 397. The van der Waals surface area contributed by atoms with E-state index in [4.69, 9.17) is 0 Å². The summed E-state index contributed by atoms with van der Waals surface area (Å²) < 4.78 is 0. The molecule has 0 fully saturated rings. The van der Waals surface area contributed by atoms with Crippen LogP contribution in [0, 0.1) is 13.8 Å². The lowest BCUT2D eigenvalue weighted by molar-refractivity contribution is -0.114. The van der Waals surface area contributed by atoms with E-state index in [1.165, 1.54) is 6.92 Å². The summed E-state index contributed by atoms with van der Waals surface area (Å²) in [7, 11) is 0. The Morgan fingerprint density at radius 3 is 2.00 bits per heavy atom. The number of nitrogens with one attached hydrogen (secondary N) is 1. The lowest BCUT2D eigenvalue weighted by Crippen LogP contribution is -2.08. The summed E-state index contributed by atoms with van der Waals surface area (Å²) in [5, 5.41) is 30.7. The molecule has 0 aromatic heterocycles. The second-order valence-electron chi connectivity index (χ2n) is 3.35. The molecule has 15 heavy (non-hydrogen) atoms. The first-order valence-corrected chi connectivity index (χ1v) is 4.37. The monoisotopic (exact) mass is 211 g/mol. The van der Waals surface area contributed by atoms with Crippen molar-refractivity contribution < 1.29 is 20.1 Å². The minimum atomic E-state index is -0.623. The molecule has 5 nitrogen and oxygen atoms in total. The Morgan fingerprint density at radius 1 is 1.00 bits per heavy atom. The molecule has 1 rings (SSSR count). The number of carbonyl (C=O) groups excluding carboxylic acids is 1. The Kier molecular flexibility index (Phi) is 2.74. The second-order valence-corrected chi connectivity index (χ2v) is 3.35. The number of carbonyl (C=O) groups is 1. The first-order chi connectivity index (χ1) is 6.86. The first kappa shape index (κ1) is 11.2. The van der Waals surface area contributed by atoms with E-state index >= 15 is 0 Å². The zero-order valence-electron chi connectivity index (χ0n) is 8.75. The maximum atomic E-state index is 10.9. The van der Waals surface area contributed by atoms with Crippen molar-refractivity contribution in [2.75, 3.05) is 5.32 Å². The van der Waals surface area contributed by atoms with E-state index in [2.05, 4.69) is 5.32 Å². The molecule has 0 bridgehead atoms. The van der Waals surface area contributed by atoms with Gasteiger partial charge in [-0.25, -0.2) is 0 Å². The van der Waals surface area contributed by atoms with E-state index < -0.39 is 11.5 Å². The van der Waals surface area contributed by atoms with E-state index in [-0.39, 0.29) is 17.3 Å². The Labute approximate surface area is 87.0 Å². The van der Waals surface area contributed by atoms with Crippen LogP contribution in [0.5, 0.6) is 17.2 Å². The van der Waals surface area contributed by atoms with Gasteiger partial charge < -0.3 is 20.6 Å². The molecule has 0 atom stereocenters. The summed E-state index contributed by atoms with van der Waals surface area (Å²) >= 11 is 0. The van der Waals surface area contributed by atoms with Gasteiger partial charge in [0.2, 0.25) is 11.7 Å². The number of hydrogen-bond donors (Lipinski definition) is 4. The molecule has 1 amide bonds. The molecule has 0 spiro atoms. The van der Waals surface area contributed by atoms with Gasteiger partial charge in [-0.3, -0.25) is 4.79 Å². The predicted molar refractivity (Wildman–Crippen MR) is 55.2 cm³/mol. The molecule has 0 aliphatic heterocycles. The quantitative estimate of drug-likeness (QED) is 0.417. The number of benzene rings is 1. The van der Waals surface area contributed by atoms with Crippen LogP contribution >= 0.6 is 0 Å². The summed E-state index contributed by atoms with van der Waals surface area (Å²) in [5.74, 6) is -1.88. The standard InChI is InChI=1S/C10H13NO4/c1-4-5(2)8(13)10(15)9(14)7(4)11-6(3)12/h13-15H,1-3H3,(H,11,12). The van der Waals surface area contributed by atoms with Crippen LogP contribution in [0.15, 0.2) is 0 Å². The van der Waals surface area contributed by atoms with Crippen molar-refractivity contribution in [3.63, 3.8) is 0 Å². The van der Waals surface area contributed by atoms with Gasteiger partial charge in [0, 0.05) is 6.92 Å². The minimum Gasteiger partial charge on any atom is -0.504 e. The average Bonchev–Trinajstić information content (AvgIpc) is 2.18. The largest absolute Gasteiger partial charge is 0.504 e. The SMILES string of the molecule is CC(=O)Nc1c(C)c(C)c(O)c(O)c1O. The Hall–Kier alpha value is -1.91. The predicted octanol–water partition coefficient (Wildman–Crippen LogP) is 1.38. The number of aromatic hydroxyl groups is 3. The molecule has 0 aliphatic carbocycles. The second kappa shape index (κ2) is 3.68. The van der Waals surface area contributed by atoms with Crippen LogP contribution in [-0.2, 0) is 4.79 Å². The molecular formula is C10H13NO4. The fourth-order valence-electron chi connectivity index (χ4n) is 1.28. The number of phenols is 3. The van der Waals surface area contributed by atoms with Gasteiger partial charge in [-0.2, -0.15) is 0 Å². The summed E-state index contributed by atoms with van der Waals surface area (Å²) in [6.45, 7) is 4.49.